The van der Waals surface area contributed by atoms with Crippen LogP contribution in [0.5, 0.6) is 0 Å². The summed E-state index contributed by atoms with van der Waals surface area (Å²) < 4.78 is 0. The van der Waals surface area contributed by atoms with Crippen molar-refractivity contribution in [2.45, 2.75) is 31.3 Å². The summed E-state index contributed by atoms with van der Waals surface area (Å²) >= 11 is 0. The van der Waals surface area contributed by atoms with Crippen LogP contribution < -0.4 is 0 Å². The Morgan fingerprint density at radius 2 is 2.38 bits per heavy atom. The van der Waals surface area contributed by atoms with Crippen molar-refractivity contribution in [1.29, 1.82) is 0 Å². The third-order valence-electron chi connectivity index (χ3n) is 3.88. The van der Waals surface area contributed by atoms with E-state index in [1.165, 1.54) is 19.3 Å². The molecule has 1 aromatic heterocycles. The average Bonchev–Trinajstić information content (AvgIpc) is 2.79. The van der Waals surface area contributed by atoms with E-state index in [9.17, 15) is 5.11 Å². The zero-order valence-electron chi connectivity index (χ0n) is 7.66. The highest BCUT2D eigenvalue weighted by molar-refractivity contribution is 5.19. The number of hydrogen-bond donors (Lipinski definition) is 2. The maximum atomic E-state index is 10.5. The number of aromatic amines is 1. The topological polar surface area (TPSA) is 36.0 Å². The molecule has 0 amide bonds. The molecule has 13 heavy (non-hydrogen) atoms. The van der Waals surface area contributed by atoms with Crippen molar-refractivity contribution in [2.75, 3.05) is 0 Å². The molecule has 1 aromatic rings. The van der Waals surface area contributed by atoms with Gasteiger partial charge in [0.1, 0.15) is 5.60 Å². The van der Waals surface area contributed by atoms with Crippen LogP contribution in [0.2, 0.25) is 0 Å². The number of H-pyrrole nitrogens is 1. The molecule has 2 bridgehead atoms. The van der Waals surface area contributed by atoms with Gasteiger partial charge in [-0.3, -0.25) is 0 Å². The standard InChI is InChI=1S/C11H15NO/c13-11(10-2-1-5-12-10)7-8-3-4-9(11)6-8/h1-2,5,8-9,12-13H,3-4,6-7H2. The van der Waals surface area contributed by atoms with E-state index >= 15 is 0 Å². The highest BCUT2D eigenvalue weighted by atomic mass is 16.3. The molecule has 2 saturated carbocycles. The van der Waals surface area contributed by atoms with Crippen molar-refractivity contribution in [3.8, 4) is 0 Å². The molecule has 0 radical (unpaired) electrons. The molecule has 70 valence electrons. The molecule has 0 aliphatic heterocycles. The van der Waals surface area contributed by atoms with E-state index in [1.807, 2.05) is 18.3 Å². The van der Waals surface area contributed by atoms with Crippen LogP contribution in [0.4, 0.5) is 0 Å². The minimum Gasteiger partial charge on any atom is -0.383 e. The Balaban J connectivity index is 1.98. The van der Waals surface area contributed by atoms with Gasteiger partial charge in [0, 0.05) is 11.9 Å². The molecule has 3 unspecified atom stereocenters. The van der Waals surface area contributed by atoms with Crippen LogP contribution >= 0.6 is 0 Å². The molecule has 3 atom stereocenters. The summed E-state index contributed by atoms with van der Waals surface area (Å²) in [5.41, 5.74) is 0.506. The second-order valence-electron chi connectivity index (χ2n) is 4.59. The molecule has 2 heteroatoms. The minimum atomic E-state index is -0.521. The summed E-state index contributed by atoms with van der Waals surface area (Å²) in [7, 11) is 0. The quantitative estimate of drug-likeness (QED) is 0.676. The number of aromatic nitrogens is 1. The molecule has 1 heterocycles. The van der Waals surface area contributed by atoms with Crippen LogP contribution in [0, 0.1) is 11.8 Å². The van der Waals surface area contributed by atoms with Gasteiger partial charge in [-0.05, 0) is 49.7 Å². The van der Waals surface area contributed by atoms with Gasteiger partial charge in [0.2, 0.25) is 0 Å². The van der Waals surface area contributed by atoms with Gasteiger partial charge in [0.15, 0.2) is 0 Å². The van der Waals surface area contributed by atoms with E-state index in [-0.39, 0.29) is 0 Å². The molecule has 2 nitrogen and oxygen atoms in total. The zero-order valence-corrected chi connectivity index (χ0v) is 7.66. The Hall–Kier alpha value is -0.760. The highest BCUT2D eigenvalue weighted by Crippen LogP contribution is 2.54. The second kappa shape index (κ2) is 2.38. The maximum absolute atomic E-state index is 10.5. The molecule has 2 aliphatic carbocycles. The number of rotatable bonds is 1. The summed E-state index contributed by atoms with van der Waals surface area (Å²) in [6, 6.07) is 3.99. The Morgan fingerprint density at radius 3 is 2.92 bits per heavy atom. The van der Waals surface area contributed by atoms with Gasteiger partial charge < -0.3 is 10.1 Å². The van der Waals surface area contributed by atoms with Gasteiger partial charge in [-0.15, -0.1) is 0 Å². The van der Waals surface area contributed by atoms with Crippen LogP contribution in [-0.2, 0) is 5.60 Å². The fourth-order valence-corrected chi connectivity index (χ4v) is 3.23. The Bertz CT molecular complexity index is 306. The monoisotopic (exact) mass is 177 g/mol. The van der Waals surface area contributed by atoms with Crippen LogP contribution in [0.1, 0.15) is 31.4 Å². The lowest BCUT2D eigenvalue weighted by atomic mass is 9.82. The van der Waals surface area contributed by atoms with E-state index in [1.54, 1.807) is 0 Å². The van der Waals surface area contributed by atoms with Crippen molar-refractivity contribution in [3.63, 3.8) is 0 Å². The third kappa shape index (κ3) is 0.923. The fourth-order valence-electron chi connectivity index (χ4n) is 3.23. The van der Waals surface area contributed by atoms with Gasteiger partial charge in [-0.1, -0.05) is 0 Å². The lowest BCUT2D eigenvalue weighted by molar-refractivity contribution is -0.0217. The van der Waals surface area contributed by atoms with Crippen LogP contribution in [0.15, 0.2) is 18.3 Å². The smallest absolute Gasteiger partial charge is 0.107 e. The van der Waals surface area contributed by atoms with E-state index in [0.29, 0.717) is 5.92 Å². The molecule has 3 rings (SSSR count). The minimum absolute atomic E-state index is 0.510. The lowest BCUT2D eigenvalue weighted by Gasteiger charge is -2.31. The van der Waals surface area contributed by atoms with Gasteiger partial charge in [-0.2, -0.15) is 0 Å². The third-order valence-corrected chi connectivity index (χ3v) is 3.88. The van der Waals surface area contributed by atoms with Gasteiger partial charge in [0.05, 0.1) is 0 Å². The fraction of sp³-hybridized carbons (Fsp3) is 0.636. The van der Waals surface area contributed by atoms with E-state index < -0.39 is 5.60 Å². The highest BCUT2D eigenvalue weighted by Gasteiger charge is 2.51. The number of fused-ring (bicyclic) bond motifs is 2. The zero-order chi connectivity index (χ0) is 8.89. The molecular formula is C11H15NO. The van der Waals surface area contributed by atoms with Gasteiger partial charge >= 0.3 is 0 Å². The predicted molar refractivity (Wildman–Crippen MR) is 50.1 cm³/mol. The molecule has 0 saturated heterocycles. The summed E-state index contributed by atoms with van der Waals surface area (Å²) in [6.45, 7) is 0. The van der Waals surface area contributed by atoms with Crippen LogP contribution in [0.3, 0.4) is 0 Å². The number of hydrogen-bond acceptors (Lipinski definition) is 1. The molecule has 2 N–H and O–H groups in total. The summed E-state index contributed by atoms with van der Waals surface area (Å²) in [6.07, 6.45) is 6.64. The number of aliphatic hydroxyl groups is 1. The Labute approximate surface area is 78.0 Å². The first-order valence-electron chi connectivity index (χ1n) is 5.15. The first-order valence-corrected chi connectivity index (χ1v) is 5.15. The van der Waals surface area contributed by atoms with E-state index in [4.69, 9.17) is 0 Å². The molecule has 0 spiro atoms. The molecular weight excluding hydrogens is 162 g/mol. The second-order valence-corrected chi connectivity index (χ2v) is 4.59. The summed E-state index contributed by atoms with van der Waals surface area (Å²) in [5.74, 6) is 1.29. The van der Waals surface area contributed by atoms with Crippen LogP contribution in [-0.4, -0.2) is 10.1 Å². The van der Waals surface area contributed by atoms with Gasteiger partial charge in [0.25, 0.3) is 0 Å². The summed E-state index contributed by atoms with van der Waals surface area (Å²) in [4.78, 5) is 3.15. The number of nitrogens with one attached hydrogen (secondary N) is 1. The first-order chi connectivity index (χ1) is 6.29. The Morgan fingerprint density at radius 1 is 1.46 bits per heavy atom. The van der Waals surface area contributed by atoms with E-state index in [0.717, 1.165) is 18.0 Å². The normalized spacial score (nSPS) is 42.8. The maximum Gasteiger partial charge on any atom is 0.107 e. The van der Waals surface area contributed by atoms with Crippen molar-refractivity contribution >= 4 is 0 Å². The van der Waals surface area contributed by atoms with Crippen molar-refractivity contribution in [1.82, 2.24) is 4.98 Å². The van der Waals surface area contributed by atoms with Crippen molar-refractivity contribution in [2.24, 2.45) is 11.8 Å². The molecule has 2 fully saturated rings. The van der Waals surface area contributed by atoms with Gasteiger partial charge in [-0.25, -0.2) is 0 Å². The van der Waals surface area contributed by atoms with Crippen molar-refractivity contribution in [3.05, 3.63) is 24.0 Å². The molecule has 2 aliphatic rings. The average molecular weight is 177 g/mol. The Kier molecular flexibility index (Phi) is 1.40. The first kappa shape index (κ1) is 7.63. The SMILES string of the molecule is OC1(c2ccc[nH]2)CC2CCC1C2. The molecule has 0 aromatic carbocycles. The van der Waals surface area contributed by atoms with Crippen LogP contribution in [0.25, 0.3) is 0 Å². The largest absolute Gasteiger partial charge is 0.383 e. The van der Waals surface area contributed by atoms with Crippen molar-refractivity contribution < 1.29 is 5.11 Å². The lowest BCUT2D eigenvalue weighted by Crippen LogP contribution is -2.32. The predicted octanol–water partition coefficient (Wildman–Crippen LogP) is 2.02. The summed E-state index contributed by atoms with van der Waals surface area (Å²) in [5, 5.41) is 10.5. The van der Waals surface area contributed by atoms with E-state index in [2.05, 4.69) is 4.98 Å².